The Kier molecular flexibility index (Phi) is 4.75. The smallest absolute Gasteiger partial charge is 0.317 e. The van der Waals surface area contributed by atoms with Crippen LogP contribution in [0.15, 0.2) is 0 Å². The van der Waals surface area contributed by atoms with Crippen molar-refractivity contribution in [2.45, 2.75) is 51.3 Å². The summed E-state index contributed by atoms with van der Waals surface area (Å²) < 4.78 is 0. The molecule has 3 aliphatic rings. The van der Waals surface area contributed by atoms with Gasteiger partial charge in [-0.1, -0.05) is 13.8 Å². The van der Waals surface area contributed by atoms with Gasteiger partial charge in [0.25, 0.3) is 0 Å². The standard InChI is InChI=1S/C17H30N4O3/c1-11(2)15-17(10-20(15)3)7-12(13(22)8-17)19-14(23)9-21-6-4-5-18-16(21)24/h11-13,15,22H,4-10H2,1-3H3,(H,18,24)(H,19,23)/t12-,13-,15?,17?/m1/s1. The summed E-state index contributed by atoms with van der Waals surface area (Å²) >= 11 is 0. The Bertz CT molecular complexity index is 507. The summed E-state index contributed by atoms with van der Waals surface area (Å²) in [6, 6.07) is 0.0718. The Balaban J connectivity index is 1.56. The van der Waals surface area contributed by atoms with Gasteiger partial charge in [-0.15, -0.1) is 0 Å². The predicted octanol–water partition coefficient (Wildman–Crippen LogP) is -0.00240. The summed E-state index contributed by atoms with van der Waals surface area (Å²) in [4.78, 5) is 27.9. The van der Waals surface area contributed by atoms with Crippen LogP contribution in [-0.2, 0) is 4.79 Å². The highest BCUT2D eigenvalue weighted by molar-refractivity contribution is 5.84. The molecule has 136 valence electrons. The van der Waals surface area contributed by atoms with Gasteiger partial charge in [0.2, 0.25) is 5.91 Å². The largest absolute Gasteiger partial charge is 0.391 e. The van der Waals surface area contributed by atoms with Crippen LogP contribution in [0.5, 0.6) is 0 Å². The van der Waals surface area contributed by atoms with Crippen LogP contribution in [0.1, 0.15) is 33.1 Å². The molecule has 3 fully saturated rings. The summed E-state index contributed by atoms with van der Waals surface area (Å²) in [5, 5.41) is 16.2. The first kappa shape index (κ1) is 17.5. The molecule has 2 heterocycles. The number of nitrogens with one attached hydrogen (secondary N) is 2. The summed E-state index contributed by atoms with van der Waals surface area (Å²) in [6.07, 6.45) is 1.92. The highest BCUT2D eigenvalue weighted by Crippen LogP contribution is 2.52. The second-order valence-corrected chi connectivity index (χ2v) is 8.12. The van der Waals surface area contributed by atoms with E-state index < -0.39 is 6.10 Å². The summed E-state index contributed by atoms with van der Waals surface area (Å²) in [6.45, 7) is 6.76. The minimum atomic E-state index is -0.501. The van der Waals surface area contributed by atoms with E-state index in [0.717, 1.165) is 25.8 Å². The van der Waals surface area contributed by atoms with Crippen LogP contribution in [0.25, 0.3) is 0 Å². The Hall–Kier alpha value is -1.34. The van der Waals surface area contributed by atoms with Crippen LogP contribution in [0.4, 0.5) is 4.79 Å². The molecule has 3 N–H and O–H groups in total. The van der Waals surface area contributed by atoms with Gasteiger partial charge in [-0.3, -0.25) is 4.79 Å². The van der Waals surface area contributed by atoms with E-state index in [-0.39, 0.29) is 29.9 Å². The molecule has 0 aromatic heterocycles. The van der Waals surface area contributed by atoms with Gasteiger partial charge < -0.3 is 25.5 Å². The SMILES string of the molecule is CC(C)C1N(C)CC12C[C@@H](O)[C@H](NC(=O)CN1CCCNC1=O)C2. The number of hydrogen-bond acceptors (Lipinski definition) is 4. The molecular formula is C17H30N4O3. The molecule has 7 heteroatoms. The van der Waals surface area contributed by atoms with E-state index in [4.69, 9.17) is 0 Å². The molecule has 3 rings (SSSR count). The number of nitrogens with zero attached hydrogens (tertiary/aromatic N) is 2. The molecule has 24 heavy (non-hydrogen) atoms. The summed E-state index contributed by atoms with van der Waals surface area (Å²) in [5.41, 5.74) is 0.114. The lowest BCUT2D eigenvalue weighted by Gasteiger charge is -2.57. The van der Waals surface area contributed by atoms with Crippen LogP contribution in [0.3, 0.4) is 0 Å². The van der Waals surface area contributed by atoms with Crippen molar-refractivity contribution >= 4 is 11.9 Å². The number of urea groups is 1. The van der Waals surface area contributed by atoms with Crippen LogP contribution < -0.4 is 10.6 Å². The van der Waals surface area contributed by atoms with E-state index in [0.29, 0.717) is 25.0 Å². The Labute approximate surface area is 143 Å². The number of aliphatic hydroxyl groups excluding tert-OH is 1. The second kappa shape index (κ2) is 6.52. The van der Waals surface area contributed by atoms with E-state index >= 15 is 0 Å². The van der Waals surface area contributed by atoms with Gasteiger partial charge >= 0.3 is 6.03 Å². The molecule has 0 radical (unpaired) electrons. The molecule has 7 nitrogen and oxygen atoms in total. The zero-order chi connectivity index (χ0) is 17.5. The maximum absolute atomic E-state index is 12.3. The maximum atomic E-state index is 12.3. The second-order valence-electron chi connectivity index (χ2n) is 8.12. The van der Waals surface area contributed by atoms with Gasteiger partial charge in [-0.05, 0) is 32.2 Å². The van der Waals surface area contributed by atoms with E-state index in [9.17, 15) is 14.7 Å². The number of rotatable bonds is 4. The van der Waals surface area contributed by atoms with Gasteiger partial charge in [-0.25, -0.2) is 4.79 Å². The van der Waals surface area contributed by atoms with Crippen LogP contribution >= 0.6 is 0 Å². The zero-order valence-corrected chi connectivity index (χ0v) is 14.9. The fourth-order valence-corrected chi connectivity index (χ4v) is 5.25. The predicted molar refractivity (Wildman–Crippen MR) is 90.4 cm³/mol. The molecule has 1 aliphatic carbocycles. The van der Waals surface area contributed by atoms with Crippen molar-refractivity contribution in [1.82, 2.24) is 20.4 Å². The third-order valence-electron chi connectivity index (χ3n) is 5.85. The van der Waals surface area contributed by atoms with Gasteiger partial charge in [-0.2, -0.15) is 0 Å². The number of amides is 3. The number of carbonyl (C=O) groups excluding carboxylic acids is 2. The van der Waals surface area contributed by atoms with Gasteiger partial charge in [0.15, 0.2) is 0 Å². The van der Waals surface area contributed by atoms with Crippen molar-refractivity contribution < 1.29 is 14.7 Å². The first-order valence-electron chi connectivity index (χ1n) is 9.03. The molecular weight excluding hydrogens is 308 g/mol. The van der Waals surface area contributed by atoms with Crippen molar-refractivity contribution in [3.05, 3.63) is 0 Å². The number of likely N-dealkylation sites (tertiary alicyclic amines) is 1. The Morgan fingerprint density at radius 1 is 1.46 bits per heavy atom. The van der Waals surface area contributed by atoms with Crippen LogP contribution in [0.2, 0.25) is 0 Å². The molecule has 3 amide bonds. The van der Waals surface area contributed by atoms with Crippen molar-refractivity contribution in [3.63, 3.8) is 0 Å². The average molecular weight is 338 g/mol. The molecule has 2 saturated heterocycles. The number of aliphatic hydroxyl groups is 1. The highest BCUT2D eigenvalue weighted by atomic mass is 16.3. The zero-order valence-electron chi connectivity index (χ0n) is 14.9. The molecule has 4 atom stereocenters. The molecule has 0 bridgehead atoms. The van der Waals surface area contributed by atoms with Gasteiger partial charge in [0.05, 0.1) is 12.1 Å². The summed E-state index contributed by atoms with van der Waals surface area (Å²) in [7, 11) is 2.13. The Morgan fingerprint density at radius 2 is 2.21 bits per heavy atom. The number of hydrogen-bond donors (Lipinski definition) is 3. The minimum Gasteiger partial charge on any atom is -0.391 e. The summed E-state index contributed by atoms with van der Waals surface area (Å²) in [5.74, 6) is 0.351. The van der Waals surface area contributed by atoms with E-state index in [1.165, 1.54) is 4.90 Å². The molecule has 1 saturated carbocycles. The fraction of sp³-hybridized carbons (Fsp3) is 0.882. The number of carbonyl (C=O) groups is 2. The minimum absolute atomic E-state index is 0.0650. The monoisotopic (exact) mass is 338 g/mol. The van der Waals surface area contributed by atoms with Crippen molar-refractivity contribution in [2.75, 3.05) is 33.2 Å². The van der Waals surface area contributed by atoms with Gasteiger partial charge in [0.1, 0.15) is 6.54 Å². The van der Waals surface area contributed by atoms with Crippen molar-refractivity contribution in [1.29, 1.82) is 0 Å². The average Bonchev–Trinajstić information content (AvgIpc) is 2.78. The lowest BCUT2D eigenvalue weighted by atomic mass is 9.66. The van der Waals surface area contributed by atoms with E-state index in [1.807, 2.05) is 0 Å². The van der Waals surface area contributed by atoms with Gasteiger partial charge in [0, 0.05) is 31.1 Å². The molecule has 1 spiro atoms. The lowest BCUT2D eigenvalue weighted by Crippen LogP contribution is -2.64. The Morgan fingerprint density at radius 3 is 2.83 bits per heavy atom. The third-order valence-corrected chi connectivity index (χ3v) is 5.85. The van der Waals surface area contributed by atoms with Crippen molar-refractivity contribution in [2.24, 2.45) is 11.3 Å². The van der Waals surface area contributed by atoms with E-state index in [1.54, 1.807) is 0 Å². The normalized spacial score (nSPS) is 36.8. The lowest BCUT2D eigenvalue weighted by molar-refractivity contribution is -0.123. The quantitative estimate of drug-likeness (QED) is 0.673. The highest BCUT2D eigenvalue weighted by Gasteiger charge is 2.58. The topological polar surface area (TPSA) is 84.9 Å². The first-order chi connectivity index (χ1) is 11.3. The fourth-order valence-electron chi connectivity index (χ4n) is 5.25. The van der Waals surface area contributed by atoms with E-state index in [2.05, 4.69) is 36.4 Å². The molecule has 0 aromatic carbocycles. The first-order valence-corrected chi connectivity index (χ1v) is 9.03. The molecule has 2 unspecified atom stereocenters. The molecule has 0 aromatic rings. The van der Waals surface area contributed by atoms with Crippen LogP contribution in [0, 0.1) is 11.3 Å². The van der Waals surface area contributed by atoms with Crippen LogP contribution in [-0.4, -0.2) is 78.3 Å². The third kappa shape index (κ3) is 3.11. The van der Waals surface area contributed by atoms with Crippen molar-refractivity contribution in [3.8, 4) is 0 Å². The molecule has 2 aliphatic heterocycles. The maximum Gasteiger partial charge on any atom is 0.317 e.